The molecule has 3 unspecified atom stereocenters. The average molecular weight is 174 g/mol. The summed E-state index contributed by atoms with van der Waals surface area (Å²) in [5.74, 6) is 0.389. The molecular formula is C9H18O3. The van der Waals surface area contributed by atoms with Gasteiger partial charge >= 0.3 is 0 Å². The van der Waals surface area contributed by atoms with Crippen LogP contribution in [0.1, 0.15) is 20.3 Å². The first kappa shape index (κ1) is 9.96. The van der Waals surface area contributed by atoms with E-state index in [1.165, 1.54) is 0 Å². The first-order chi connectivity index (χ1) is 5.61. The van der Waals surface area contributed by atoms with E-state index in [1.54, 1.807) is 0 Å². The van der Waals surface area contributed by atoms with E-state index in [1.807, 2.05) is 13.8 Å². The van der Waals surface area contributed by atoms with Crippen LogP contribution in [0.3, 0.4) is 0 Å². The minimum atomic E-state index is -0.376. The third kappa shape index (κ3) is 2.44. The molecule has 1 aliphatic rings. The Kier molecular flexibility index (Phi) is 3.50. The lowest BCUT2D eigenvalue weighted by Gasteiger charge is -2.19. The first-order valence-corrected chi connectivity index (χ1v) is 4.55. The quantitative estimate of drug-likeness (QED) is 0.651. The van der Waals surface area contributed by atoms with E-state index in [2.05, 4.69) is 0 Å². The molecule has 3 atom stereocenters. The molecule has 1 heterocycles. The zero-order valence-electron chi connectivity index (χ0n) is 7.73. The molecule has 3 nitrogen and oxygen atoms in total. The molecule has 1 saturated heterocycles. The van der Waals surface area contributed by atoms with Crippen LogP contribution in [0.15, 0.2) is 0 Å². The van der Waals surface area contributed by atoms with Gasteiger partial charge in [0, 0.05) is 5.92 Å². The molecule has 0 bridgehead atoms. The van der Waals surface area contributed by atoms with Crippen molar-refractivity contribution < 1.29 is 14.9 Å². The van der Waals surface area contributed by atoms with Crippen LogP contribution in [0, 0.1) is 11.8 Å². The molecule has 1 rings (SSSR count). The van der Waals surface area contributed by atoms with Crippen LogP contribution in [-0.4, -0.2) is 35.6 Å². The molecule has 1 aliphatic heterocycles. The van der Waals surface area contributed by atoms with Gasteiger partial charge in [0.15, 0.2) is 0 Å². The van der Waals surface area contributed by atoms with E-state index >= 15 is 0 Å². The topological polar surface area (TPSA) is 49.7 Å². The molecule has 0 amide bonds. The largest absolute Gasteiger partial charge is 0.393 e. The van der Waals surface area contributed by atoms with Gasteiger partial charge in [0.1, 0.15) is 0 Å². The molecule has 0 aromatic heterocycles. The highest BCUT2D eigenvalue weighted by Crippen LogP contribution is 2.21. The predicted octanol–water partition coefficient (Wildman–Crippen LogP) is 0.401. The maximum atomic E-state index is 9.54. The van der Waals surface area contributed by atoms with E-state index in [4.69, 9.17) is 4.74 Å². The summed E-state index contributed by atoms with van der Waals surface area (Å²) in [4.78, 5) is 0. The van der Waals surface area contributed by atoms with Gasteiger partial charge in [-0.15, -0.1) is 0 Å². The van der Waals surface area contributed by atoms with Gasteiger partial charge in [-0.3, -0.25) is 0 Å². The molecule has 0 spiro atoms. The second-order valence-corrected chi connectivity index (χ2v) is 3.91. The number of rotatable bonds is 3. The Morgan fingerprint density at radius 1 is 1.42 bits per heavy atom. The van der Waals surface area contributed by atoms with Crippen molar-refractivity contribution in [1.82, 2.24) is 0 Å². The lowest BCUT2D eigenvalue weighted by Crippen LogP contribution is -2.26. The molecule has 0 aromatic rings. The van der Waals surface area contributed by atoms with Crippen molar-refractivity contribution >= 4 is 0 Å². The van der Waals surface area contributed by atoms with Crippen LogP contribution in [0.4, 0.5) is 0 Å². The van der Waals surface area contributed by atoms with Gasteiger partial charge in [0.2, 0.25) is 0 Å². The van der Waals surface area contributed by atoms with Crippen LogP contribution in [0.25, 0.3) is 0 Å². The number of hydrogen-bond acceptors (Lipinski definition) is 3. The number of hydrogen-bond donors (Lipinski definition) is 2. The number of aliphatic hydroxyl groups is 2. The van der Waals surface area contributed by atoms with Crippen molar-refractivity contribution in [1.29, 1.82) is 0 Å². The smallest absolute Gasteiger partial charge is 0.0824 e. The van der Waals surface area contributed by atoms with Crippen LogP contribution >= 0.6 is 0 Å². The lowest BCUT2D eigenvalue weighted by molar-refractivity contribution is 0.0644. The monoisotopic (exact) mass is 174 g/mol. The van der Waals surface area contributed by atoms with Crippen molar-refractivity contribution in [3.05, 3.63) is 0 Å². The molecule has 12 heavy (non-hydrogen) atoms. The molecule has 2 N–H and O–H groups in total. The number of ether oxygens (including phenoxy) is 1. The molecule has 1 fully saturated rings. The van der Waals surface area contributed by atoms with Crippen molar-refractivity contribution in [3.8, 4) is 0 Å². The van der Waals surface area contributed by atoms with E-state index < -0.39 is 0 Å². The van der Waals surface area contributed by atoms with Crippen LogP contribution in [0.5, 0.6) is 0 Å². The highest BCUT2D eigenvalue weighted by atomic mass is 16.5. The number of aliphatic hydroxyl groups excluding tert-OH is 2. The normalized spacial score (nSPS) is 32.8. The SMILES string of the molecule is CC(C)C(O)CC1COCC1O. The maximum absolute atomic E-state index is 9.54. The minimum absolute atomic E-state index is 0.127. The summed E-state index contributed by atoms with van der Waals surface area (Å²) in [5.41, 5.74) is 0. The summed E-state index contributed by atoms with van der Waals surface area (Å²) >= 11 is 0. The standard InChI is InChI=1S/C9H18O3/c1-6(2)8(10)3-7-4-12-5-9(7)11/h6-11H,3-5H2,1-2H3. The lowest BCUT2D eigenvalue weighted by atomic mass is 9.93. The minimum Gasteiger partial charge on any atom is -0.393 e. The molecule has 0 aliphatic carbocycles. The van der Waals surface area contributed by atoms with Gasteiger partial charge < -0.3 is 14.9 Å². The first-order valence-electron chi connectivity index (χ1n) is 4.55. The Balaban J connectivity index is 2.30. The third-order valence-electron chi connectivity index (χ3n) is 2.48. The van der Waals surface area contributed by atoms with Crippen LogP contribution in [0.2, 0.25) is 0 Å². The summed E-state index contributed by atoms with van der Waals surface area (Å²) in [7, 11) is 0. The van der Waals surface area contributed by atoms with Gasteiger partial charge in [-0.2, -0.15) is 0 Å². The second kappa shape index (κ2) is 4.21. The van der Waals surface area contributed by atoms with Gasteiger partial charge in [-0.05, 0) is 12.3 Å². The van der Waals surface area contributed by atoms with Crippen molar-refractivity contribution in [3.63, 3.8) is 0 Å². The molecule has 0 aromatic carbocycles. The van der Waals surface area contributed by atoms with E-state index in [-0.39, 0.29) is 24.0 Å². The molecular weight excluding hydrogens is 156 g/mol. The maximum Gasteiger partial charge on any atom is 0.0824 e. The fourth-order valence-corrected chi connectivity index (χ4v) is 1.39. The van der Waals surface area contributed by atoms with Gasteiger partial charge in [0.05, 0.1) is 25.4 Å². The Morgan fingerprint density at radius 3 is 2.50 bits per heavy atom. The highest BCUT2D eigenvalue weighted by molar-refractivity contribution is 4.77. The summed E-state index contributed by atoms with van der Waals surface area (Å²) in [6.07, 6.45) is -0.0384. The van der Waals surface area contributed by atoms with Crippen LogP contribution in [-0.2, 0) is 4.74 Å². The van der Waals surface area contributed by atoms with E-state index in [9.17, 15) is 10.2 Å². The fourth-order valence-electron chi connectivity index (χ4n) is 1.39. The Morgan fingerprint density at radius 2 is 2.08 bits per heavy atom. The summed E-state index contributed by atoms with van der Waals surface area (Å²) < 4.78 is 5.09. The Labute approximate surface area is 73.4 Å². The summed E-state index contributed by atoms with van der Waals surface area (Å²) in [6, 6.07) is 0. The van der Waals surface area contributed by atoms with Crippen LogP contribution < -0.4 is 0 Å². The zero-order valence-corrected chi connectivity index (χ0v) is 7.73. The highest BCUT2D eigenvalue weighted by Gasteiger charge is 2.28. The predicted molar refractivity (Wildman–Crippen MR) is 45.8 cm³/mol. The molecule has 3 heteroatoms. The fraction of sp³-hybridized carbons (Fsp3) is 1.00. The zero-order chi connectivity index (χ0) is 9.14. The van der Waals surface area contributed by atoms with Crippen molar-refractivity contribution in [2.75, 3.05) is 13.2 Å². The van der Waals surface area contributed by atoms with Crippen molar-refractivity contribution in [2.24, 2.45) is 11.8 Å². The second-order valence-electron chi connectivity index (χ2n) is 3.91. The van der Waals surface area contributed by atoms with E-state index in [0.29, 0.717) is 19.6 Å². The van der Waals surface area contributed by atoms with E-state index in [0.717, 1.165) is 0 Å². The summed E-state index contributed by atoms with van der Waals surface area (Å²) in [6.45, 7) is 4.97. The third-order valence-corrected chi connectivity index (χ3v) is 2.48. The Hall–Kier alpha value is -0.120. The van der Waals surface area contributed by atoms with Gasteiger partial charge in [-0.1, -0.05) is 13.8 Å². The van der Waals surface area contributed by atoms with Gasteiger partial charge in [0.25, 0.3) is 0 Å². The molecule has 0 radical (unpaired) electrons. The van der Waals surface area contributed by atoms with Crippen molar-refractivity contribution in [2.45, 2.75) is 32.5 Å². The Bertz CT molecular complexity index is 136. The summed E-state index contributed by atoms with van der Waals surface area (Å²) in [5, 5.41) is 18.9. The molecule has 72 valence electrons. The molecule has 0 saturated carbocycles. The van der Waals surface area contributed by atoms with Gasteiger partial charge in [-0.25, -0.2) is 0 Å². The average Bonchev–Trinajstić information content (AvgIpc) is 2.36.